The molecule has 0 radical (unpaired) electrons. The number of ketones is 1. The van der Waals surface area contributed by atoms with E-state index in [1.807, 2.05) is 6.92 Å². The number of rotatable bonds is 4. The molecule has 1 aromatic carbocycles. The third-order valence-electron chi connectivity index (χ3n) is 4.00. The van der Waals surface area contributed by atoms with Crippen LogP contribution in [-0.4, -0.2) is 42.8 Å². The van der Waals surface area contributed by atoms with Crippen LogP contribution >= 0.6 is 0 Å². The molecule has 0 spiro atoms. The first-order valence-electron chi connectivity index (χ1n) is 7.17. The van der Waals surface area contributed by atoms with Crippen molar-refractivity contribution in [2.45, 2.75) is 37.7 Å². The van der Waals surface area contributed by atoms with Crippen molar-refractivity contribution in [1.29, 1.82) is 0 Å². The summed E-state index contributed by atoms with van der Waals surface area (Å²) in [5.41, 5.74) is 0.407. The van der Waals surface area contributed by atoms with Gasteiger partial charge in [-0.25, -0.2) is 8.42 Å². The predicted molar refractivity (Wildman–Crippen MR) is 79.6 cm³/mol. The average Bonchev–Trinajstić information content (AvgIpc) is 2.49. The van der Waals surface area contributed by atoms with Gasteiger partial charge in [0.1, 0.15) is 0 Å². The fourth-order valence-corrected chi connectivity index (χ4v) is 3.94. The van der Waals surface area contributed by atoms with E-state index in [4.69, 9.17) is 0 Å². The van der Waals surface area contributed by atoms with E-state index in [-0.39, 0.29) is 23.1 Å². The standard InChI is InChI=1S/C15H21NO4S/c1-3-14(17)12-5-4-6-13(9-12)21(19,20)16-8-7-11(2)15(18)10-16/h4-6,9,11,15,18H,3,7-8,10H2,1-2H3. The SMILES string of the molecule is CCC(=O)c1cccc(S(=O)(=O)N2CCC(C)C(O)C2)c1. The Bertz CT molecular complexity index is 626. The van der Waals surface area contributed by atoms with E-state index < -0.39 is 16.1 Å². The Balaban J connectivity index is 2.30. The van der Waals surface area contributed by atoms with Crippen LogP contribution in [0.2, 0.25) is 0 Å². The summed E-state index contributed by atoms with van der Waals surface area (Å²) < 4.78 is 26.5. The maximum atomic E-state index is 12.6. The number of aliphatic hydroxyl groups is 1. The van der Waals surface area contributed by atoms with Crippen molar-refractivity contribution < 1.29 is 18.3 Å². The van der Waals surface area contributed by atoms with Crippen LogP contribution < -0.4 is 0 Å². The van der Waals surface area contributed by atoms with Crippen LogP contribution in [0.5, 0.6) is 0 Å². The van der Waals surface area contributed by atoms with Crippen molar-refractivity contribution in [1.82, 2.24) is 4.31 Å². The highest BCUT2D eigenvalue weighted by Gasteiger charge is 2.32. The van der Waals surface area contributed by atoms with Gasteiger partial charge in [-0.3, -0.25) is 4.79 Å². The van der Waals surface area contributed by atoms with Gasteiger partial charge in [0.2, 0.25) is 10.0 Å². The molecule has 0 bridgehead atoms. The summed E-state index contributed by atoms with van der Waals surface area (Å²) in [6.45, 7) is 4.16. The van der Waals surface area contributed by atoms with Gasteiger partial charge >= 0.3 is 0 Å². The molecule has 21 heavy (non-hydrogen) atoms. The number of aliphatic hydroxyl groups excluding tert-OH is 1. The molecule has 1 aromatic rings. The summed E-state index contributed by atoms with van der Waals surface area (Å²) in [5.74, 6) is 0.0174. The lowest BCUT2D eigenvalue weighted by atomic mass is 9.98. The summed E-state index contributed by atoms with van der Waals surface area (Å²) in [6.07, 6.45) is 0.325. The molecular formula is C15H21NO4S. The number of piperidine rings is 1. The van der Waals surface area contributed by atoms with Crippen LogP contribution in [-0.2, 0) is 10.0 Å². The normalized spacial score (nSPS) is 24.0. The molecule has 1 aliphatic heterocycles. The van der Waals surface area contributed by atoms with Gasteiger partial charge in [0.05, 0.1) is 11.0 Å². The Morgan fingerprint density at radius 3 is 2.76 bits per heavy atom. The topological polar surface area (TPSA) is 74.7 Å². The van der Waals surface area contributed by atoms with Crippen molar-refractivity contribution in [2.24, 2.45) is 5.92 Å². The van der Waals surface area contributed by atoms with E-state index >= 15 is 0 Å². The number of hydrogen-bond donors (Lipinski definition) is 1. The van der Waals surface area contributed by atoms with Gasteiger partial charge in [0, 0.05) is 25.1 Å². The minimum absolute atomic E-state index is 0.0839. The minimum atomic E-state index is -3.66. The zero-order valence-corrected chi connectivity index (χ0v) is 13.1. The first-order chi connectivity index (χ1) is 9.86. The van der Waals surface area contributed by atoms with Gasteiger partial charge in [-0.15, -0.1) is 0 Å². The van der Waals surface area contributed by atoms with E-state index in [2.05, 4.69) is 0 Å². The number of benzene rings is 1. The van der Waals surface area contributed by atoms with Crippen molar-refractivity contribution in [3.8, 4) is 0 Å². The van der Waals surface area contributed by atoms with Crippen LogP contribution in [0.4, 0.5) is 0 Å². The number of hydrogen-bond acceptors (Lipinski definition) is 4. The van der Waals surface area contributed by atoms with Gasteiger partial charge in [-0.2, -0.15) is 4.31 Å². The second kappa shape index (κ2) is 6.25. The summed E-state index contributed by atoms with van der Waals surface area (Å²) in [4.78, 5) is 11.8. The number of carbonyl (C=O) groups is 1. The average molecular weight is 311 g/mol. The molecule has 1 heterocycles. The second-order valence-electron chi connectivity index (χ2n) is 5.50. The third kappa shape index (κ3) is 3.33. The summed E-state index contributed by atoms with van der Waals surface area (Å²) in [5, 5.41) is 9.88. The van der Waals surface area contributed by atoms with Crippen molar-refractivity contribution in [3.63, 3.8) is 0 Å². The molecule has 2 atom stereocenters. The molecule has 0 saturated carbocycles. The minimum Gasteiger partial charge on any atom is -0.391 e. The first kappa shape index (κ1) is 16.1. The highest BCUT2D eigenvalue weighted by atomic mass is 32.2. The fourth-order valence-electron chi connectivity index (χ4n) is 2.42. The molecule has 0 aliphatic carbocycles. The molecule has 5 nitrogen and oxygen atoms in total. The smallest absolute Gasteiger partial charge is 0.243 e. The first-order valence-corrected chi connectivity index (χ1v) is 8.61. The third-order valence-corrected chi connectivity index (χ3v) is 5.86. The van der Waals surface area contributed by atoms with Gasteiger partial charge in [-0.1, -0.05) is 26.0 Å². The van der Waals surface area contributed by atoms with Gasteiger partial charge in [-0.05, 0) is 24.5 Å². The molecule has 116 valence electrons. The molecule has 1 fully saturated rings. The molecule has 2 unspecified atom stereocenters. The van der Waals surface area contributed by atoms with Crippen LogP contribution in [0.3, 0.4) is 0 Å². The summed E-state index contributed by atoms with van der Waals surface area (Å²) >= 11 is 0. The van der Waals surface area contributed by atoms with E-state index in [1.165, 1.54) is 16.4 Å². The van der Waals surface area contributed by atoms with E-state index in [0.29, 0.717) is 24.9 Å². The largest absolute Gasteiger partial charge is 0.391 e. The number of sulfonamides is 1. The van der Waals surface area contributed by atoms with Crippen molar-refractivity contribution in [2.75, 3.05) is 13.1 Å². The van der Waals surface area contributed by atoms with Gasteiger partial charge in [0.15, 0.2) is 5.78 Å². The molecule has 1 N–H and O–H groups in total. The van der Waals surface area contributed by atoms with E-state index in [9.17, 15) is 18.3 Å². The number of β-amino-alcohol motifs (C(OH)–C–C–N with tert-alkyl or cyclic N) is 1. The lowest BCUT2D eigenvalue weighted by Crippen LogP contribution is -2.45. The van der Waals surface area contributed by atoms with Crippen molar-refractivity contribution >= 4 is 15.8 Å². The second-order valence-corrected chi connectivity index (χ2v) is 7.44. The van der Waals surface area contributed by atoms with Crippen LogP contribution in [0.25, 0.3) is 0 Å². The quantitative estimate of drug-likeness (QED) is 0.858. The molecule has 2 rings (SSSR count). The fraction of sp³-hybridized carbons (Fsp3) is 0.533. The molecule has 1 saturated heterocycles. The monoisotopic (exact) mass is 311 g/mol. The van der Waals surface area contributed by atoms with E-state index in [0.717, 1.165) is 0 Å². The molecule has 0 aromatic heterocycles. The Hall–Kier alpha value is -1.24. The van der Waals surface area contributed by atoms with Crippen LogP contribution in [0, 0.1) is 5.92 Å². The highest BCUT2D eigenvalue weighted by Crippen LogP contribution is 2.24. The molecular weight excluding hydrogens is 290 g/mol. The Morgan fingerprint density at radius 1 is 1.43 bits per heavy atom. The maximum Gasteiger partial charge on any atom is 0.243 e. The lowest BCUT2D eigenvalue weighted by molar-refractivity contribution is 0.0605. The zero-order chi connectivity index (χ0) is 15.6. The number of Topliss-reactive ketones (excluding diaryl/α,β-unsaturated/α-hetero) is 1. The predicted octanol–water partition coefficient (Wildman–Crippen LogP) is 1.67. The molecule has 1 aliphatic rings. The summed E-state index contributed by atoms with van der Waals surface area (Å²) in [7, 11) is -3.66. The zero-order valence-electron chi connectivity index (χ0n) is 12.3. The Morgan fingerprint density at radius 2 is 2.14 bits per heavy atom. The molecule has 0 amide bonds. The van der Waals surface area contributed by atoms with Crippen LogP contribution in [0.1, 0.15) is 37.0 Å². The lowest BCUT2D eigenvalue weighted by Gasteiger charge is -2.33. The van der Waals surface area contributed by atoms with Gasteiger partial charge in [0.25, 0.3) is 0 Å². The van der Waals surface area contributed by atoms with Crippen LogP contribution in [0.15, 0.2) is 29.2 Å². The van der Waals surface area contributed by atoms with Crippen molar-refractivity contribution in [3.05, 3.63) is 29.8 Å². The Kier molecular flexibility index (Phi) is 4.81. The van der Waals surface area contributed by atoms with Gasteiger partial charge < -0.3 is 5.11 Å². The number of carbonyl (C=O) groups excluding carboxylic acids is 1. The highest BCUT2D eigenvalue weighted by molar-refractivity contribution is 7.89. The summed E-state index contributed by atoms with van der Waals surface area (Å²) in [6, 6.07) is 6.12. The number of nitrogens with zero attached hydrogens (tertiary/aromatic N) is 1. The Labute approximate surface area is 125 Å². The molecule has 6 heteroatoms. The van der Waals surface area contributed by atoms with E-state index in [1.54, 1.807) is 19.1 Å². The maximum absolute atomic E-state index is 12.6.